The zero-order valence-corrected chi connectivity index (χ0v) is 15.1. The van der Waals surface area contributed by atoms with Gasteiger partial charge in [0.25, 0.3) is 0 Å². The Bertz CT molecular complexity index is 578. The second-order valence-electron chi connectivity index (χ2n) is 4.90. The number of hydrogen-bond acceptors (Lipinski definition) is 3. The minimum Gasteiger partial charge on any atom is -0.303 e. The third-order valence-corrected chi connectivity index (χ3v) is 6.94. The smallest absolute Gasteiger partial charge is 0.0931 e. The molecule has 2 heterocycles. The summed E-state index contributed by atoms with van der Waals surface area (Å²) < 4.78 is 2.28. The quantitative estimate of drug-likeness (QED) is 0.616. The summed E-state index contributed by atoms with van der Waals surface area (Å²) in [4.78, 5) is 2.90. The number of halogens is 2. The first-order chi connectivity index (χ1) is 9.13. The van der Waals surface area contributed by atoms with Crippen LogP contribution in [0, 0.1) is 2.88 Å². The molecule has 2 aromatic rings. The van der Waals surface area contributed by atoms with Crippen LogP contribution in [0.15, 0.2) is 18.2 Å². The van der Waals surface area contributed by atoms with Gasteiger partial charge in [-0.2, -0.15) is 0 Å². The van der Waals surface area contributed by atoms with Gasteiger partial charge in [0.2, 0.25) is 0 Å². The Morgan fingerprint density at radius 2 is 2.26 bits per heavy atom. The molecule has 2 aromatic heterocycles. The fourth-order valence-electron chi connectivity index (χ4n) is 2.64. The fourth-order valence-corrected chi connectivity index (χ4v) is 5.83. The molecule has 1 nitrogen and oxygen atoms in total. The van der Waals surface area contributed by atoms with E-state index in [0.29, 0.717) is 12.1 Å². The van der Waals surface area contributed by atoms with Gasteiger partial charge in [0.1, 0.15) is 0 Å². The molecule has 1 N–H and O–H groups in total. The summed E-state index contributed by atoms with van der Waals surface area (Å²) in [6, 6.07) is 7.34. The lowest BCUT2D eigenvalue weighted by Crippen LogP contribution is -2.26. The summed E-state index contributed by atoms with van der Waals surface area (Å²) >= 11 is 12.1. The number of aryl methyl sites for hydroxylation is 1. The molecule has 2 unspecified atom stereocenters. The monoisotopic (exact) mass is 423 g/mol. The molecule has 2 atom stereocenters. The highest BCUT2D eigenvalue weighted by atomic mass is 127. The van der Waals surface area contributed by atoms with Crippen LogP contribution in [-0.4, -0.2) is 0 Å². The summed E-state index contributed by atoms with van der Waals surface area (Å²) in [7, 11) is 0. The van der Waals surface area contributed by atoms with Gasteiger partial charge in [-0.25, -0.2) is 0 Å². The molecular formula is C14H15ClINS2. The summed E-state index contributed by atoms with van der Waals surface area (Å²) in [5.41, 5.74) is 1.52. The van der Waals surface area contributed by atoms with Crippen LogP contribution in [0.4, 0.5) is 0 Å². The molecule has 0 amide bonds. The van der Waals surface area contributed by atoms with Crippen molar-refractivity contribution in [3.8, 4) is 0 Å². The first kappa shape index (κ1) is 14.3. The average molecular weight is 424 g/mol. The van der Waals surface area contributed by atoms with E-state index in [-0.39, 0.29) is 0 Å². The van der Waals surface area contributed by atoms with E-state index in [2.05, 4.69) is 47.0 Å². The normalized spacial score (nSPS) is 20.3. The highest BCUT2D eigenvalue weighted by Gasteiger charge is 2.24. The topological polar surface area (TPSA) is 12.0 Å². The molecule has 0 radical (unpaired) electrons. The fraction of sp³-hybridized carbons (Fsp3) is 0.429. The van der Waals surface area contributed by atoms with Crippen LogP contribution in [0.5, 0.6) is 0 Å². The minimum absolute atomic E-state index is 0.367. The summed E-state index contributed by atoms with van der Waals surface area (Å²) in [6.07, 6.45) is 3.78. The minimum atomic E-state index is 0.367. The van der Waals surface area contributed by atoms with E-state index in [4.69, 9.17) is 11.6 Å². The van der Waals surface area contributed by atoms with E-state index in [9.17, 15) is 0 Å². The highest BCUT2D eigenvalue weighted by Crippen LogP contribution is 2.38. The first-order valence-corrected chi connectivity index (χ1v) is 9.52. The maximum Gasteiger partial charge on any atom is 0.0931 e. The van der Waals surface area contributed by atoms with Gasteiger partial charge in [-0.15, -0.1) is 22.7 Å². The van der Waals surface area contributed by atoms with E-state index in [1.807, 2.05) is 17.4 Å². The van der Waals surface area contributed by atoms with Crippen molar-refractivity contribution in [1.29, 1.82) is 0 Å². The third kappa shape index (κ3) is 3.18. The number of hydrogen-bond donors (Lipinski definition) is 1. The summed E-state index contributed by atoms with van der Waals surface area (Å²) in [5, 5.41) is 3.77. The lowest BCUT2D eigenvalue weighted by Gasteiger charge is -2.26. The second kappa shape index (κ2) is 6.02. The number of rotatable bonds is 3. The molecule has 102 valence electrons. The SMILES string of the molecule is CC(NC1CCCc2sc(I)cc21)c1ccc(Cl)s1. The van der Waals surface area contributed by atoms with Crippen LogP contribution in [0.2, 0.25) is 4.34 Å². The molecule has 0 aromatic carbocycles. The van der Waals surface area contributed by atoms with Crippen molar-refractivity contribution in [2.75, 3.05) is 0 Å². The molecular weight excluding hydrogens is 409 g/mol. The number of thiophene rings is 2. The molecule has 19 heavy (non-hydrogen) atoms. The second-order valence-corrected chi connectivity index (χ2v) is 9.68. The average Bonchev–Trinajstić information content (AvgIpc) is 2.95. The zero-order valence-electron chi connectivity index (χ0n) is 10.6. The lowest BCUT2D eigenvalue weighted by molar-refractivity contribution is 0.421. The van der Waals surface area contributed by atoms with Crippen LogP contribution >= 0.6 is 56.9 Å². The number of fused-ring (bicyclic) bond motifs is 1. The first-order valence-electron chi connectivity index (χ1n) is 6.43. The number of nitrogens with one attached hydrogen (secondary N) is 1. The van der Waals surface area contributed by atoms with Gasteiger partial charge >= 0.3 is 0 Å². The Morgan fingerprint density at radius 3 is 3.00 bits per heavy atom. The van der Waals surface area contributed by atoms with Crippen molar-refractivity contribution in [1.82, 2.24) is 5.32 Å². The summed E-state index contributed by atoms with van der Waals surface area (Å²) in [5.74, 6) is 0. The summed E-state index contributed by atoms with van der Waals surface area (Å²) in [6.45, 7) is 2.23. The van der Waals surface area contributed by atoms with E-state index in [1.54, 1.807) is 16.2 Å². The van der Waals surface area contributed by atoms with Crippen molar-refractivity contribution in [3.63, 3.8) is 0 Å². The van der Waals surface area contributed by atoms with Crippen LogP contribution < -0.4 is 5.32 Å². The van der Waals surface area contributed by atoms with Gasteiger partial charge in [-0.05, 0) is 72.5 Å². The van der Waals surface area contributed by atoms with E-state index in [1.165, 1.54) is 32.6 Å². The van der Waals surface area contributed by atoms with E-state index < -0.39 is 0 Å². The lowest BCUT2D eigenvalue weighted by atomic mass is 9.93. The molecule has 1 aliphatic rings. The van der Waals surface area contributed by atoms with Crippen LogP contribution in [0.25, 0.3) is 0 Å². The van der Waals surface area contributed by atoms with Crippen molar-refractivity contribution < 1.29 is 0 Å². The Labute approximate surface area is 140 Å². The van der Waals surface area contributed by atoms with Gasteiger partial charge in [-0.3, -0.25) is 0 Å². The maximum atomic E-state index is 6.02. The van der Waals surface area contributed by atoms with Crippen molar-refractivity contribution in [3.05, 3.63) is 40.7 Å². The molecule has 0 aliphatic heterocycles. The molecule has 5 heteroatoms. The Kier molecular flexibility index (Phi) is 4.53. The molecule has 0 spiro atoms. The molecule has 0 fully saturated rings. The van der Waals surface area contributed by atoms with E-state index >= 15 is 0 Å². The standard InChI is InChI=1S/C14H15ClINS2/c1-8(11-5-6-13(15)18-11)17-10-3-2-4-12-9(10)7-14(16)19-12/h5-8,10,17H,2-4H2,1H3. The molecule has 0 saturated carbocycles. The van der Waals surface area contributed by atoms with Crippen LogP contribution in [0.1, 0.15) is 47.2 Å². The van der Waals surface area contributed by atoms with Crippen molar-refractivity contribution in [2.45, 2.75) is 38.3 Å². The highest BCUT2D eigenvalue weighted by molar-refractivity contribution is 14.1. The molecule has 0 saturated heterocycles. The molecule has 3 rings (SSSR count). The Hall–Kier alpha value is 0.380. The van der Waals surface area contributed by atoms with E-state index in [0.717, 1.165) is 4.34 Å². The van der Waals surface area contributed by atoms with Gasteiger partial charge in [0.15, 0.2) is 0 Å². The van der Waals surface area contributed by atoms with Crippen LogP contribution in [0.3, 0.4) is 0 Å². The van der Waals surface area contributed by atoms with Gasteiger partial charge in [0.05, 0.1) is 7.22 Å². The maximum absolute atomic E-state index is 6.02. The Balaban J connectivity index is 1.77. The predicted octanol–water partition coefficient (Wildman–Crippen LogP) is 5.80. The predicted molar refractivity (Wildman–Crippen MR) is 93.6 cm³/mol. The van der Waals surface area contributed by atoms with Gasteiger partial charge in [-0.1, -0.05) is 11.6 Å². The Morgan fingerprint density at radius 1 is 1.42 bits per heavy atom. The van der Waals surface area contributed by atoms with Gasteiger partial charge < -0.3 is 5.32 Å². The van der Waals surface area contributed by atoms with Crippen molar-refractivity contribution in [2.24, 2.45) is 0 Å². The zero-order chi connectivity index (χ0) is 13.4. The van der Waals surface area contributed by atoms with Crippen molar-refractivity contribution >= 4 is 56.9 Å². The third-order valence-electron chi connectivity index (χ3n) is 3.56. The molecule has 0 bridgehead atoms. The largest absolute Gasteiger partial charge is 0.303 e. The molecule has 1 aliphatic carbocycles. The van der Waals surface area contributed by atoms with Crippen LogP contribution in [-0.2, 0) is 6.42 Å². The van der Waals surface area contributed by atoms with Gasteiger partial charge in [0, 0.05) is 21.8 Å².